The molecule has 0 aliphatic carbocycles. The molecule has 0 bridgehead atoms. The minimum absolute atomic E-state index is 0.000360. The van der Waals surface area contributed by atoms with Crippen LogP contribution in [0.15, 0.2) is 101 Å². The number of anilines is 2. The van der Waals surface area contributed by atoms with Gasteiger partial charge in [-0.1, -0.05) is 74.3 Å². The van der Waals surface area contributed by atoms with Crippen molar-refractivity contribution in [3.05, 3.63) is 118 Å². The third-order valence-electron chi connectivity index (χ3n) is 7.27. The van der Waals surface area contributed by atoms with Gasteiger partial charge >= 0.3 is 21.3 Å². The molecule has 0 spiro atoms. The quantitative estimate of drug-likeness (QED) is 0.0727. The molecule has 1 aliphatic rings. The van der Waals surface area contributed by atoms with Gasteiger partial charge < -0.3 is 29.2 Å². The second-order valence-corrected chi connectivity index (χ2v) is 15.1. The molecule has 22 heteroatoms. The average Bonchev–Trinajstić information content (AvgIpc) is 3.45. The number of ether oxygens (including phenoxy) is 2. The molecule has 1 saturated heterocycles. The number of rotatable bonds is 17. The van der Waals surface area contributed by atoms with Crippen molar-refractivity contribution in [3.63, 3.8) is 0 Å². The average molecular weight is 918 g/mol. The molecule has 1 aliphatic heterocycles. The molecule has 0 radical (unpaired) electrons. The smallest absolute Gasteiger partial charge is 0.404 e. The lowest BCUT2D eigenvalue weighted by atomic mass is 10.1. The van der Waals surface area contributed by atoms with Gasteiger partial charge in [-0.3, -0.25) is 42.8 Å². The third-order valence-corrected chi connectivity index (χ3v) is 10.2. The summed E-state index contributed by atoms with van der Waals surface area (Å²) in [6.07, 6.45) is -4.98. The van der Waals surface area contributed by atoms with E-state index in [2.05, 4.69) is 47.5 Å². The van der Waals surface area contributed by atoms with E-state index in [1.54, 1.807) is 30.3 Å². The maximum absolute atomic E-state index is 13.6. The topological polar surface area (TPSA) is 243 Å². The molecule has 5 N–H and O–H groups in total. The van der Waals surface area contributed by atoms with Crippen LogP contribution in [0.1, 0.15) is 11.8 Å². The number of H-pyrrole nitrogens is 1. The number of nitrogens with zero attached hydrogens (tertiary/aromatic N) is 1. The summed E-state index contributed by atoms with van der Waals surface area (Å²) in [5, 5.41) is 5.10. The highest BCUT2D eigenvalue weighted by molar-refractivity contribution is 9.09. The number of carbonyl (C=O) groups excluding carboxylic acids is 2. The Hall–Kier alpha value is -3.94. The fourth-order valence-corrected chi connectivity index (χ4v) is 7.09. The Morgan fingerprint density at radius 1 is 0.815 bits per heavy atom. The molecule has 6 atom stereocenters. The lowest BCUT2D eigenvalue weighted by Gasteiger charge is -2.26. The Bertz CT molecular complexity index is 2160. The maximum atomic E-state index is 13.6. The second kappa shape index (κ2) is 18.6. The predicted molar refractivity (Wildman–Crippen MR) is 200 cm³/mol. The molecule has 5 rings (SSSR count). The fourth-order valence-electron chi connectivity index (χ4n) is 5.05. The first-order valence-corrected chi connectivity index (χ1v) is 20.9. The number of phosphoric ester groups is 2. The summed E-state index contributed by atoms with van der Waals surface area (Å²) in [5.41, 5.74) is -0.511. The fraction of sp³-hybridized carbons (Fsp3) is 0.250. The van der Waals surface area contributed by atoms with Gasteiger partial charge in [-0.05, 0) is 29.8 Å². The number of phosphoric acid groups is 2. The summed E-state index contributed by atoms with van der Waals surface area (Å²) < 4.78 is 61.3. The molecule has 0 saturated carbocycles. The summed E-state index contributed by atoms with van der Waals surface area (Å²) in [5.74, 6) is -1.13. The van der Waals surface area contributed by atoms with Crippen molar-refractivity contribution in [1.29, 1.82) is 0 Å². The molecule has 1 fully saturated rings. The number of nitrogens with one attached hydrogen (secondary N) is 3. The van der Waals surface area contributed by atoms with Gasteiger partial charge in [0.1, 0.15) is 29.8 Å². The third kappa shape index (κ3) is 11.8. The van der Waals surface area contributed by atoms with Gasteiger partial charge in [-0.15, -0.1) is 0 Å². The number of benzene rings is 3. The largest absolute Gasteiger partial charge is 0.527 e. The van der Waals surface area contributed by atoms with Crippen molar-refractivity contribution in [2.24, 2.45) is 0 Å². The first-order valence-electron chi connectivity index (χ1n) is 15.7. The molecule has 3 aromatic carbocycles. The number of aromatic amines is 1. The van der Waals surface area contributed by atoms with Crippen molar-refractivity contribution in [2.75, 3.05) is 27.9 Å². The highest BCUT2D eigenvalue weighted by Gasteiger charge is 2.52. The minimum Gasteiger partial charge on any atom is -0.404 e. The van der Waals surface area contributed by atoms with Gasteiger partial charge in [0, 0.05) is 35.8 Å². The van der Waals surface area contributed by atoms with Gasteiger partial charge in [0.15, 0.2) is 6.23 Å². The van der Waals surface area contributed by atoms with Crippen molar-refractivity contribution < 1.29 is 56.1 Å². The SMILES string of the molecule is O=C(CBr)Nc1cccc(OP(=O)(O)OCC2OC(n3ccc(=O)[nH]c3=O)C(OCc3ccccc3)C2OP(=O)(O)Oc2cccc(NC(=O)CBr)c2)c1. The number of hydrogen-bond donors (Lipinski definition) is 5. The Balaban J connectivity index is 1.44. The van der Waals surface area contributed by atoms with E-state index in [-0.39, 0.29) is 46.0 Å². The zero-order chi connectivity index (χ0) is 38.9. The molecule has 2 amide bonds. The number of aromatic nitrogens is 2. The van der Waals surface area contributed by atoms with Crippen molar-refractivity contribution in [3.8, 4) is 11.5 Å². The highest BCUT2D eigenvalue weighted by atomic mass is 79.9. The van der Waals surface area contributed by atoms with Crippen LogP contribution in [0.2, 0.25) is 0 Å². The summed E-state index contributed by atoms with van der Waals surface area (Å²) in [6.45, 7) is -0.974. The van der Waals surface area contributed by atoms with Crippen LogP contribution in [0.25, 0.3) is 0 Å². The van der Waals surface area contributed by atoms with E-state index in [0.717, 1.165) is 16.8 Å². The van der Waals surface area contributed by atoms with Crippen LogP contribution in [0.3, 0.4) is 0 Å². The van der Waals surface area contributed by atoms with Gasteiger partial charge in [-0.25, -0.2) is 13.9 Å². The van der Waals surface area contributed by atoms with E-state index in [0.29, 0.717) is 5.56 Å². The first kappa shape index (κ1) is 41.2. The summed E-state index contributed by atoms with van der Waals surface area (Å²) in [6, 6.07) is 20.9. The molecular weight excluding hydrogens is 886 g/mol. The molecular formula is C32H32Br2N4O14P2. The van der Waals surface area contributed by atoms with Crippen LogP contribution in [0.4, 0.5) is 11.4 Å². The Labute approximate surface area is 323 Å². The number of amides is 2. The van der Waals surface area contributed by atoms with Crippen LogP contribution >= 0.6 is 47.5 Å². The summed E-state index contributed by atoms with van der Waals surface area (Å²) in [7, 11) is -10.1. The van der Waals surface area contributed by atoms with E-state index < -0.39 is 63.9 Å². The Morgan fingerprint density at radius 2 is 1.41 bits per heavy atom. The zero-order valence-electron chi connectivity index (χ0n) is 27.7. The van der Waals surface area contributed by atoms with Crippen LogP contribution in [0.5, 0.6) is 11.5 Å². The Kier molecular flexibility index (Phi) is 14.2. The summed E-state index contributed by atoms with van der Waals surface area (Å²) >= 11 is 6.06. The van der Waals surface area contributed by atoms with E-state index in [9.17, 15) is 38.1 Å². The van der Waals surface area contributed by atoms with Crippen molar-refractivity contribution in [1.82, 2.24) is 9.55 Å². The molecule has 288 valence electrons. The van der Waals surface area contributed by atoms with E-state index in [1.807, 2.05) is 0 Å². The minimum atomic E-state index is -5.16. The molecule has 1 aromatic heterocycles. The van der Waals surface area contributed by atoms with Crippen molar-refractivity contribution in [2.45, 2.75) is 31.1 Å². The lowest BCUT2D eigenvalue weighted by Crippen LogP contribution is -2.40. The van der Waals surface area contributed by atoms with E-state index >= 15 is 0 Å². The van der Waals surface area contributed by atoms with E-state index in [1.165, 1.54) is 48.5 Å². The molecule has 4 aromatic rings. The summed E-state index contributed by atoms with van der Waals surface area (Å²) in [4.78, 5) is 72.3. The van der Waals surface area contributed by atoms with Crippen LogP contribution in [-0.2, 0) is 43.8 Å². The van der Waals surface area contributed by atoms with Crippen LogP contribution in [0, 0.1) is 0 Å². The zero-order valence-corrected chi connectivity index (χ0v) is 32.6. The van der Waals surface area contributed by atoms with Gasteiger partial charge in [0.2, 0.25) is 11.8 Å². The number of hydrogen-bond acceptors (Lipinski definition) is 12. The monoisotopic (exact) mass is 916 g/mol. The molecule has 6 unspecified atom stereocenters. The number of halogens is 2. The lowest BCUT2D eigenvalue weighted by molar-refractivity contribution is -0.114. The van der Waals surface area contributed by atoms with Crippen molar-refractivity contribution >= 4 is 70.7 Å². The second-order valence-electron chi connectivity index (χ2n) is 11.2. The normalized spacial score (nSPS) is 20.3. The highest BCUT2D eigenvalue weighted by Crippen LogP contribution is 2.51. The van der Waals surface area contributed by atoms with Gasteiger partial charge in [0.05, 0.1) is 23.9 Å². The van der Waals surface area contributed by atoms with E-state index in [4.69, 9.17) is 27.6 Å². The Morgan fingerprint density at radius 3 is 1.98 bits per heavy atom. The van der Waals surface area contributed by atoms with Crippen LogP contribution < -0.4 is 30.9 Å². The molecule has 18 nitrogen and oxygen atoms in total. The van der Waals surface area contributed by atoms with Gasteiger partial charge in [-0.2, -0.15) is 0 Å². The van der Waals surface area contributed by atoms with Gasteiger partial charge in [0.25, 0.3) is 5.56 Å². The number of carbonyl (C=O) groups is 2. The van der Waals surface area contributed by atoms with Crippen LogP contribution in [-0.4, -0.2) is 66.7 Å². The number of alkyl halides is 2. The molecule has 54 heavy (non-hydrogen) atoms. The molecule has 2 heterocycles. The first-order chi connectivity index (χ1) is 25.7. The standard InChI is InChI=1S/C32H32Br2N4O14P2/c33-16-27(40)35-21-8-4-10-23(14-21)50-53(43,44)48-19-25-29(52-54(45,46)51-24-11-5-9-22(15-24)36-28(41)17-34)30(47-18-20-6-2-1-3-7-20)31(49-25)38-13-12-26(39)37-32(38)42/h1-15,25,29-31H,16-19H2,(H,35,40)(H,36,41)(H,43,44)(H,45,46)(H,37,39,42). The predicted octanol–water partition coefficient (Wildman–Crippen LogP) is 4.45. The maximum Gasteiger partial charge on any atom is 0.527 e.